The quantitative estimate of drug-likeness (QED) is 0.189. The molecule has 3 aromatic rings. The van der Waals surface area contributed by atoms with E-state index in [1.54, 1.807) is 20.1 Å². The lowest BCUT2D eigenvalue weighted by Gasteiger charge is -2.38. The van der Waals surface area contributed by atoms with Crippen LogP contribution in [0.4, 0.5) is 15.8 Å². The number of anilines is 2. The number of esters is 1. The molecule has 1 N–H and O–H groups in total. The van der Waals surface area contributed by atoms with Crippen LogP contribution in [-0.2, 0) is 9.16 Å². The van der Waals surface area contributed by atoms with Gasteiger partial charge in [0.25, 0.3) is 0 Å². The second kappa shape index (κ2) is 13.1. The van der Waals surface area contributed by atoms with Crippen molar-refractivity contribution in [3.05, 3.63) is 59.0 Å². The van der Waals surface area contributed by atoms with Crippen LogP contribution in [0.1, 0.15) is 67.9 Å². The van der Waals surface area contributed by atoms with E-state index in [9.17, 15) is 9.18 Å². The molecule has 0 atom stereocenters. The highest BCUT2D eigenvalue weighted by atomic mass is 28.4. The number of carbonyl (C=O) groups excluding carboxylic acids is 1. The molecule has 1 saturated heterocycles. The molecule has 0 aliphatic carbocycles. The number of pyridine rings is 1. The fourth-order valence-corrected chi connectivity index (χ4v) is 6.24. The average Bonchev–Trinajstić information content (AvgIpc) is 2.93. The third-order valence-corrected chi connectivity index (χ3v) is 13.3. The van der Waals surface area contributed by atoms with E-state index in [-0.39, 0.29) is 28.8 Å². The Balaban J connectivity index is 1.61. The van der Waals surface area contributed by atoms with Crippen LogP contribution in [0.3, 0.4) is 0 Å². The lowest BCUT2D eigenvalue weighted by Crippen LogP contribution is -2.43. The van der Waals surface area contributed by atoms with Gasteiger partial charge in [0.15, 0.2) is 8.32 Å². The first-order chi connectivity index (χ1) is 19.8. The summed E-state index contributed by atoms with van der Waals surface area (Å²) >= 11 is 0. The fraction of sp³-hybridized carbons (Fsp3) is 0.515. The van der Waals surface area contributed by atoms with Crippen LogP contribution in [0.15, 0.2) is 36.5 Å². The van der Waals surface area contributed by atoms with Gasteiger partial charge in [0.05, 0.1) is 30.6 Å². The monoisotopic (exact) mass is 595 g/mol. The van der Waals surface area contributed by atoms with Crippen molar-refractivity contribution in [2.45, 2.75) is 71.5 Å². The lowest BCUT2D eigenvalue weighted by molar-refractivity contribution is 0.0527. The summed E-state index contributed by atoms with van der Waals surface area (Å²) in [5.74, 6) is 0.143. The molecule has 2 heterocycles. The van der Waals surface area contributed by atoms with E-state index in [4.69, 9.17) is 13.9 Å². The number of piperidine rings is 1. The molecule has 42 heavy (non-hydrogen) atoms. The molecule has 7 nitrogen and oxygen atoms in total. The van der Waals surface area contributed by atoms with Crippen molar-refractivity contribution in [2.24, 2.45) is 0 Å². The Labute approximate surface area is 250 Å². The third-order valence-electron chi connectivity index (χ3n) is 8.80. The summed E-state index contributed by atoms with van der Waals surface area (Å²) in [4.78, 5) is 20.0. The third kappa shape index (κ3) is 7.13. The topological polar surface area (TPSA) is 72.9 Å². The molecule has 2 aromatic carbocycles. The Morgan fingerprint density at radius 2 is 1.88 bits per heavy atom. The van der Waals surface area contributed by atoms with E-state index in [0.717, 1.165) is 61.3 Å². The molecule has 4 rings (SSSR count). The van der Waals surface area contributed by atoms with Crippen LogP contribution in [0.2, 0.25) is 18.1 Å². The van der Waals surface area contributed by atoms with E-state index >= 15 is 0 Å². The van der Waals surface area contributed by atoms with Gasteiger partial charge < -0.3 is 24.1 Å². The van der Waals surface area contributed by atoms with Gasteiger partial charge in [0, 0.05) is 30.8 Å². The van der Waals surface area contributed by atoms with Crippen molar-refractivity contribution in [3.8, 4) is 5.75 Å². The largest absolute Gasteiger partial charge is 0.496 e. The van der Waals surface area contributed by atoms with Crippen molar-refractivity contribution < 1.29 is 23.1 Å². The van der Waals surface area contributed by atoms with E-state index in [1.807, 2.05) is 19.1 Å². The van der Waals surface area contributed by atoms with Crippen LogP contribution < -0.4 is 10.1 Å². The number of methoxy groups -OCH3 is 1. The smallest absolute Gasteiger partial charge is 0.341 e. The zero-order valence-electron chi connectivity index (χ0n) is 26.4. The van der Waals surface area contributed by atoms with Gasteiger partial charge in [-0.05, 0) is 93.2 Å². The molecule has 0 unspecified atom stereocenters. The van der Waals surface area contributed by atoms with Crippen molar-refractivity contribution >= 4 is 36.6 Å². The fourth-order valence-electron chi connectivity index (χ4n) is 5.20. The first-order valence-corrected chi connectivity index (χ1v) is 17.8. The SMILES string of the molecule is CCOC(=O)c1cnc2cc(OC)c(C3CCN(CCO[Si](C)(C)C(C)(C)C)CC3)cc2c1Nc1ccc(C)cc1F. The highest BCUT2D eigenvalue weighted by molar-refractivity contribution is 6.74. The molecule has 1 aromatic heterocycles. The number of aryl methyl sites for hydroxylation is 1. The van der Waals surface area contributed by atoms with E-state index in [1.165, 1.54) is 12.3 Å². The van der Waals surface area contributed by atoms with E-state index < -0.39 is 20.1 Å². The zero-order valence-corrected chi connectivity index (χ0v) is 27.4. The number of ether oxygens (including phenoxy) is 2. The van der Waals surface area contributed by atoms with Gasteiger partial charge in [0.2, 0.25) is 0 Å². The van der Waals surface area contributed by atoms with Gasteiger partial charge in [-0.2, -0.15) is 0 Å². The number of likely N-dealkylation sites (tertiary alicyclic amines) is 1. The molecule has 1 aliphatic rings. The Hall–Kier alpha value is -3.01. The van der Waals surface area contributed by atoms with E-state index in [2.05, 4.69) is 55.1 Å². The molecular weight excluding hydrogens is 549 g/mol. The van der Waals surface area contributed by atoms with Gasteiger partial charge in [-0.25, -0.2) is 9.18 Å². The number of hydrogen-bond donors (Lipinski definition) is 1. The van der Waals surface area contributed by atoms with Crippen molar-refractivity contribution in [2.75, 3.05) is 45.3 Å². The number of nitrogens with zero attached hydrogens (tertiary/aromatic N) is 2. The van der Waals surface area contributed by atoms with Gasteiger partial charge in [-0.3, -0.25) is 4.98 Å². The molecule has 0 spiro atoms. The average molecular weight is 596 g/mol. The Morgan fingerprint density at radius 1 is 1.17 bits per heavy atom. The Bertz CT molecular complexity index is 1410. The minimum Gasteiger partial charge on any atom is -0.496 e. The summed E-state index contributed by atoms with van der Waals surface area (Å²) in [5.41, 5.74) is 3.55. The van der Waals surface area contributed by atoms with Gasteiger partial charge in [-0.15, -0.1) is 0 Å². The maximum absolute atomic E-state index is 14.9. The number of rotatable bonds is 10. The van der Waals surface area contributed by atoms with Gasteiger partial charge in [0.1, 0.15) is 17.1 Å². The van der Waals surface area contributed by atoms with Crippen LogP contribution >= 0.6 is 0 Å². The van der Waals surface area contributed by atoms with Crippen LogP contribution in [0.5, 0.6) is 5.75 Å². The Morgan fingerprint density at radius 3 is 2.50 bits per heavy atom. The van der Waals surface area contributed by atoms with E-state index in [0.29, 0.717) is 11.2 Å². The number of aromatic nitrogens is 1. The summed E-state index contributed by atoms with van der Waals surface area (Å²) in [5, 5.41) is 4.12. The molecule has 9 heteroatoms. The zero-order chi connectivity index (χ0) is 30.7. The minimum absolute atomic E-state index is 0.202. The molecule has 0 amide bonds. The molecule has 1 aliphatic heterocycles. The second-order valence-electron chi connectivity index (χ2n) is 12.7. The molecule has 0 saturated carbocycles. The predicted octanol–water partition coefficient (Wildman–Crippen LogP) is 7.81. The summed E-state index contributed by atoms with van der Waals surface area (Å²) in [6, 6.07) is 8.95. The number of fused-ring (bicyclic) bond motifs is 1. The van der Waals surface area contributed by atoms with Crippen LogP contribution in [0.25, 0.3) is 10.9 Å². The molecular formula is C33H46FN3O4Si. The second-order valence-corrected chi connectivity index (χ2v) is 17.5. The molecule has 0 bridgehead atoms. The maximum atomic E-state index is 14.9. The molecule has 0 radical (unpaired) electrons. The maximum Gasteiger partial charge on any atom is 0.341 e. The highest BCUT2D eigenvalue weighted by Gasteiger charge is 2.37. The number of nitrogens with one attached hydrogen (secondary N) is 1. The number of halogens is 1. The highest BCUT2D eigenvalue weighted by Crippen LogP contribution is 2.40. The van der Waals surface area contributed by atoms with Crippen LogP contribution in [0, 0.1) is 12.7 Å². The molecule has 228 valence electrons. The first kappa shape index (κ1) is 31.9. The first-order valence-electron chi connectivity index (χ1n) is 14.9. The predicted molar refractivity (Wildman–Crippen MR) is 170 cm³/mol. The van der Waals surface area contributed by atoms with Crippen LogP contribution in [-0.4, -0.2) is 64.1 Å². The summed E-state index contributed by atoms with van der Waals surface area (Å²) in [6.45, 7) is 18.8. The van der Waals surface area contributed by atoms with Gasteiger partial charge >= 0.3 is 5.97 Å². The summed E-state index contributed by atoms with van der Waals surface area (Å²) in [7, 11) is -0.0915. The lowest BCUT2D eigenvalue weighted by atomic mass is 9.87. The van der Waals surface area contributed by atoms with Gasteiger partial charge in [-0.1, -0.05) is 26.8 Å². The number of benzene rings is 2. The van der Waals surface area contributed by atoms with Crippen molar-refractivity contribution in [1.82, 2.24) is 9.88 Å². The number of carbonyl (C=O) groups is 1. The van der Waals surface area contributed by atoms with Crippen molar-refractivity contribution in [1.29, 1.82) is 0 Å². The standard InChI is InChI=1S/C33H46FN3O4Si/c1-9-40-32(38)26-21-35-29-20-30(39-6)24(19-25(29)31(26)36-28-11-10-22(2)18-27(28)34)23-12-14-37(15-13-23)16-17-41-42(7,8)33(3,4)5/h10-11,18-21,23H,9,12-17H2,1-8H3,(H,35,36). The molecule has 1 fully saturated rings. The van der Waals surface area contributed by atoms with Crippen molar-refractivity contribution in [3.63, 3.8) is 0 Å². The normalized spacial score (nSPS) is 15.2. The summed E-state index contributed by atoms with van der Waals surface area (Å²) in [6.07, 6.45) is 3.43. The Kier molecular flexibility index (Phi) is 9.95. The summed E-state index contributed by atoms with van der Waals surface area (Å²) < 4.78 is 32.5. The minimum atomic E-state index is -1.76. The number of hydrogen-bond acceptors (Lipinski definition) is 7.